The molecule has 44 heavy (non-hydrogen) atoms. The number of anilines is 2. The van der Waals surface area contributed by atoms with Gasteiger partial charge in [0.15, 0.2) is 0 Å². The number of rotatable bonds is 8. The van der Waals surface area contributed by atoms with Crippen LogP contribution in [0.15, 0.2) is 60.9 Å². The lowest BCUT2D eigenvalue weighted by molar-refractivity contribution is 0.0936. The number of nitrogens with zero attached hydrogens (tertiary/aromatic N) is 1. The Hall–Kier alpha value is -3.62. The number of aromatic nitrogens is 1. The Morgan fingerprint density at radius 2 is 1.18 bits per heavy atom. The molecule has 0 aliphatic heterocycles. The van der Waals surface area contributed by atoms with Crippen molar-refractivity contribution in [2.75, 3.05) is 24.1 Å². The number of carbonyl (C=O) groups is 3. The zero-order chi connectivity index (χ0) is 31.3. The van der Waals surface area contributed by atoms with Crippen molar-refractivity contribution < 1.29 is 14.4 Å². The highest BCUT2D eigenvalue weighted by Gasteiger charge is 2.19. The van der Waals surface area contributed by atoms with Crippen molar-refractivity contribution in [1.29, 1.82) is 0 Å². The second-order valence-corrected chi connectivity index (χ2v) is 12.4. The van der Waals surface area contributed by atoms with E-state index < -0.39 is 0 Å². The van der Waals surface area contributed by atoms with Crippen molar-refractivity contribution in [3.05, 3.63) is 87.7 Å². The Labute approximate surface area is 269 Å². The number of benzene rings is 2. The van der Waals surface area contributed by atoms with Crippen LogP contribution in [0.4, 0.5) is 11.4 Å². The lowest BCUT2D eigenvalue weighted by Gasteiger charge is -2.22. The van der Waals surface area contributed by atoms with Gasteiger partial charge in [-0.1, -0.05) is 61.7 Å². The molecule has 0 atom stereocenters. The van der Waals surface area contributed by atoms with Crippen LogP contribution in [0, 0.1) is 11.8 Å². The molecule has 0 unspecified atom stereocenters. The molecule has 2 aliphatic rings. The third-order valence-corrected chi connectivity index (χ3v) is 8.70. The fraction of sp³-hybridized carbons (Fsp3) is 0.412. The fourth-order valence-corrected chi connectivity index (χ4v) is 6.03. The van der Waals surface area contributed by atoms with E-state index in [-0.39, 0.29) is 17.7 Å². The molecule has 3 amide bonds. The molecule has 1 aromatic heterocycles. The van der Waals surface area contributed by atoms with E-state index in [0.717, 1.165) is 19.4 Å². The first-order valence-corrected chi connectivity index (χ1v) is 16.2. The number of nitrogen functional groups attached to an aromatic ring is 1. The van der Waals surface area contributed by atoms with Gasteiger partial charge in [0.2, 0.25) is 0 Å². The predicted octanol–water partition coefficient (Wildman–Crippen LogP) is 7.53. The maximum absolute atomic E-state index is 12.6. The number of pyridine rings is 1. The summed E-state index contributed by atoms with van der Waals surface area (Å²) in [5.41, 5.74) is 8.01. The van der Waals surface area contributed by atoms with Crippen LogP contribution in [-0.2, 0) is 0 Å². The van der Waals surface area contributed by atoms with Gasteiger partial charge in [-0.15, -0.1) is 0 Å². The van der Waals surface area contributed by atoms with Gasteiger partial charge in [-0.3, -0.25) is 19.4 Å². The van der Waals surface area contributed by atoms with Crippen molar-refractivity contribution in [2.24, 2.45) is 11.8 Å². The number of nitrogens with two attached hydrogens (primary N) is 1. The molecular weight excluding hydrogens is 597 g/mol. The Morgan fingerprint density at radius 1 is 0.682 bits per heavy atom. The molecule has 2 aromatic carbocycles. The minimum Gasteiger partial charge on any atom is -0.398 e. The highest BCUT2D eigenvalue weighted by Crippen LogP contribution is 2.25. The summed E-state index contributed by atoms with van der Waals surface area (Å²) in [6.07, 6.45) is 15.5. The van der Waals surface area contributed by atoms with Crippen molar-refractivity contribution >= 4 is 52.3 Å². The smallest absolute Gasteiger partial charge is 0.255 e. The molecule has 0 radical (unpaired) electrons. The highest BCUT2D eigenvalue weighted by molar-refractivity contribution is 6.31. The fourth-order valence-electron chi connectivity index (χ4n) is 5.68. The molecule has 0 saturated heterocycles. The molecule has 0 bridgehead atoms. The van der Waals surface area contributed by atoms with Crippen molar-refractivity contribution in [2.45, 2.75) is 64.2 Å². The summed E-state index contributed by atoms with van der Waals surface area (Å²) < 4.78 is 0. The minimum absolute atomic E-state index is 0.124. The highest BCUT2D eigenvalue weighted by atomic mass is 35.5. The summed E-state index contributed by atoms with van der Waals surface area (Å²) in [5, 5.41) is 9.72. The number of carbonyl (C=O) groups excluding carboxylic acids is 3. The zero-order valence-electron chi connectivity index (χ0n) is 24.9. The van der Waals surface area contributed by atoms with Crippen LogP contribution < -0.4 is 21.7 Å². The zero-order valence-corrected chi connectivity index (χ0v) is 26.4. The van der Waals surface area contributed by atoms with Gasteiger partial charge in [-0.05, 0) is 86.1 Å². The van der Waals surface area contributed by atoms with Crippen molar-refractivity contribution in [3.8, 4) is 0 Å². The molecule has 3 aromatic rings. The summed E-state index contributed by atoms with van der Waals surface area (Å²) in [6, 6.07) is 13.1. The Kier molecular flexibility index (Phi) is 12.9. The maximum atomic E-state index is 12.6. The van der Waals surface area contributed by atoms with Crippen LogP contribution >= 0.6 is 23.2 Å². The molecule has 1 heterocycles. The van der Waals surface area contributed by atoms with E-state index >= 15 is 0 Å². The average Bonchev–Trinajstić information content (AvgIpc) is 3.06. The normalized spacial score (nSPS) is 15.4. The van der Waals surface area contributed by atoms with E-state index in [1.54, 1.807) is 60.9 Å². The van der Waals surface area contributed by atoms with E-state index in [4.69, 9.17) is 28.9 Å². The molecule has 2 aliphatic carbocycles. The van der Waals surface area contributed by atoms with Gasteiger partial charge >= 0.3 is 0 Å². The van der Waals surface area contributed by atoms with Gasteiger partial charge in [-0.25, -0.2) is 0 Å². The molecule has 2 fully saturated rings. The largest absolute Gasteiger partial charge is 0.398 e. The van der Waals surface area contributed by atoms with Crippen LogP contribution in [0.5, 0.6) is 0 Å². The van der Waals surface area contributed by atoms with Crippen LogP contribution in [0.1, 0.15) is 95.3 Å². The van der Waals surface area contributed by atoms with Crippen molar-refractivity contribution in [1.82, 2.24) is 15.6 Å². The number of hydrogen-bond acceptors (Lipinski definition) is 5. The minimum atomic E-state index is -0.295. The van der Waals surface area contributed by atoms with Crippen LogP contribution in [0.2, 0.25) is 10.0 Å². The summed E-state index contributed by atoms with van der Waals surface area (Å²) in [7, 11) is 0. The van der Waals surface area contributed by atoms with E-state index in [1.165, 1.54) is 51.4 Å². The summed E-state index contributed by atoms with van der Waals surface area (Å²) in [5.74, 6) is 0.504. The summed E-state index contributed by atoms with van der Waals surface area (Å²) in [6.45, 7) is 1.40. The molecule has 234 valence electrons. The molecular formula is C34H41Cl2N5O3. The van der Waals surface area contributed by atoms with Crippen LogP contribution in [0.3, 0.4) is 0 Å². The average molecular weight is 639 g/mol. The van der Waals surface area contributed by atoms with E-state index in [1.807, 2.05) is 0 Å². The molecule has 0 spiro atoms. The first kappa shape index (κ1) is 33.3. The number of amides is 3. The van der Waals surface area contributed by atoms with Crippen LogP contribution in [0.25, 0.3) is 0 Å². The van der Waals surface area contributed by atoms with Gasteiger partial charge in [0.1, 0.15) is 0 Å². The molecule has 5 rings (SSSR count). The van der Waals surface area contributed by atoms with E-state index in [9.17, 15) is 14.4 Å². The van der Waals surface area contributed by atoms with Gasteiger partial charge in [0, 0.05) is 46.8 Å². The first-order valence-electron chi connectivity index (χ1n) is 15.4. The second-order valence-electron chi connectivity index (χ2n) is 11.5. The van der Waals surface area contributed by atoms with Gasteiger partial charge < -0.3 is 21.7 Å². The number of halogens is 2. The lowest BCUT2D eigenvalue weighted by atomic mass is 9.89. The van der Waals surface area contributed by atoms with Gasteiger partial charge in [-0.2, -0.15) is 0 Å². The number of nitrogens with one attached hydrogen (secondary N) is 3. The molecule has 10 heteroatoms. The predicted molar refractivity (Wildman–Crippen MR) is 177 cm³/mol. The Balaban J connectivity index is 0.000000215. The van der Waals surface area contributed by atoms with Gasteiger partial charge in [0.25, 0.3) is 17.7 Å². The second kappa shape index (κ2) is 17.0. The topological polar surface area (TPSA) is 126 Å². The Bertz CT molecular complexity index is 1410. The van der Waals surface area contributed by atoms with E-state index in [2.05, 4.69) is 20.9 Å². The van der Waals surface area contributed by atoms with Crippen molar-refractivity contribution in [3.63, 3.8) is 0 Å². The lowest BCUT2D eigenvalue weighted by Crippen LogP contribution is -2.31. The van der Waals surface area contributed by atoms with E-state index in [0.29, 0.717) is 56.5 Å². The monoisotopic (exact) mass is 637 g/mol. The van der Waals surface area contributed by atoms with Gasteiger partial charge in [0.05, 0.1) is 16.8 Å². The molecule has 5 N–H and O–H groups in total. The van der Waals surface area contributed by atoms with Crippen LogP contribution in [-0.4, -0.2) is 35.8 Å². The third-order valence-electron chi connectivity index (χ3n) is 8.23. The quantitative estimate of drug-likeness (QED) is 0.190. The maximum Gasteiger partial charge on any atom is 0.255 e. The first-order chi connectivity index (χ1) is 21.3. The number of hydrogen-bond donors (Lipinski definition) is 4. The standard InChI is InChI=1S/C20H22ClN3O2.C14H19ClN2O/c21-16-6-7-18(24-19(25)15-8-10-22-11-9-15)17(12-16)20(26)23-13-14-4-2-1-3-5-14;15-11-6-7-13(16)12(8-11)14(18)17-9-10-4-2-1-3-5-10/h6-12,14H,1-5,13H2,(H,23,26)(H,24,25);6-8,10H,1-5,9,16H2,(H,17,18). The summed E-state index contributed by atoms with van der Waals surface area (Å²) >= 11 is 11.9. The molecule has 2 saturated carbocycles. The summed E-state index contributed by atoms with van der Waals surface area (Å²) in [4.78, 5) is 40.9. The third kappa shape index (κ3) is 10.2. The molecule has 8 nitrogen and oxygen atoms in total. The SMILES string of the molecule is Nc1ccc(Cl)cc1C(=O)NCC1CCCCC1.O=C(Nc1ccc(Cl)cc1C(=O)NCC1CCCCC1)c1ccncc1. The Morgan fingerprint density at radius 3 is 1.75 bits per heavy atom.